The molecule has 1 aromatic rings. The van der Waals surface area contributed by atoms with Gasteiger partial charge in [0.2, 0.25) is 0 Å². The number of aryl methyl sites for hydroxylation is 1. The van der Waals surface area contributed by atoms with Crippen LogP contribution in [0.3, 0.4) is 0 Å². The SMILES string of the molecule is CN[C@@H](C)C(=O)Cc1ccc(Cl)c(C)c1. The minimum Gasteiger partial charge on any atom is -0.311 e. The van der Waals surface area contributed by atoms with Crippen LogP contribution in [0.2, 0.25) is 5.02 Å². The van der Waals surface area contributed by atoms with Crippen molar-refractivity contribution in [2.75, 3.05) is 7.05 Å². The number of halogens is 1. The van der Waals surface area contributed by atoms with E-state index < -0.39 is 0 Å². The summed E-state index contributed by atoms with van der Waals surface area (Å²) in [6.45, 7) is 3.81. The molecule has 3 heteroatoms. The number of likely N-dealkylation sites (N-methyl/N-ethyl adjacent to an activating group) is 1. The average molecular weight is 226 g/mol. The van der Waals surface area contributed by atoms with Gasteiger partial charge in [-0.05, 0) is 38.1 Å². The van der Waals surface area contributed by atoms with E-state index in [1.54, 1.807) is 7.05 Å². The largest absolute Gasteiger partial charge is 0.311 e. The van der Waals surface area contributed by atoms with Gasteiger partial charge in [0.05, 0.1) is 6.04 Å². The average Bonchev–Trinajstić information content (AvgIpc) is 2.22. The summed E-state index contributed by atoms with van der Waals surface area (Å²) in [5, 5.41) is 3.68. The Morgan fingerprint density at radius 3 is 2.73 bits per heavy atom. The van der Waals surface area contributed by atoms with E-state index in [0.717, 1.165) is 16.1 Å². The van der Waals surface area contributed by atoms with Gasteiger partial charge in [0.1, 0.15) is 0 Å². The molecule has 2 nitrogen and oxygen atoms in total. The zero-order valence-corrected chi connectivity index (χ0v) is 10.1. The van der Waals surface area contributed by atoms with Crippen LogP contribution in [0, 0.1) is 6.92 Å². The summed E-state index contributed by atoms with van der Waals surface area (Å²) < 4.78 is 0. The van der Waals surface area contributed by atoms with E-state index in [0.29, 0.717) is 6.42 Å². The predicted molar refractivity (Wildman–Crippen MR) is 63.4 cm³/mol. The van der Waals surface area contributed by atoms with Gasteiger partial charge in [-0.3, -0.25) is 4.79 Å². The number of carbonyl (C=O) groups is 1. The molecule has 0 bridgehead atoms. The van der Waals surface area contributed by atoms with E-state index in [9.17, 15) is 4.79 Å². The summed E-state index contributed by atoms with van der Waals surface area (Å²) in [6, 6.07) is 5.60. The van der Waals surface area contributed by atoms with E-state index >= 15 is 0 Å². The second-order valence-electron chi connectivity index (χ2n) is 3.74. The van der Waals surface area contributed by atoms with E-state index in [-0.39, 0.29) is 11.8 Å². The highest BCUT2D eigenvalue weighted by Crippen LogP contribution is 2.16. The summed E-state index contributed by atoms with van der Waals surface area (Å²) >= 11 is 5.91. The highest BCUT2D eigenvalue weighted by Gasteiger charge is 2.11. The Labute approximate surface area is 95.6 Å². The minimum absolute atomic E-state index is 0.0963. The van der Waals surface area contributed by atoms with Crippen molar-refractivity contribution in [2.24, 2.45) is 0 Å². The number of carbonyl (C=O) groups excluding carboxylic acids is 1. The zero-order chi connectivity index (χ0) is 11.4. The van der Waals surface area contributed by atoms with Gasteiger partial charge in [0.25, 0.3) is 0 Å². The molecule has 0 spiro atoms. The second kappa shape index (κ2) is 5.29. The summed E-state index contributed by atoms with van der Waals surface area (Å²) in [4.78, 5) is 11.6. The first-order valence-corrected chi connectivity index (χ1v) is 5.37. The maximum absolute atomic E-state index is 11.6. The van der Waals surface area contributed by atoms with Crippen molar-refractivity contribution in [2.45, 2.75) is 26.3 Å². The number of benzene rings is 1. The molecule has 0 radical (unpaired) electrons. The first kappa shape index (κ1) is 12.2. The van der Waals surface area contributed by atoms with E-state index in [4.69, 9.17) is 11.6 Å². The van der Waals surface area contributed by atoms with E-state index in [1.807, 2.05) is 32.0 Å². The van der Waals surface area contributed by atoms with Gasteiger partial charge in [-0.15, -0.1) is 0 Å². The molecule has 1 atom stereocenters. The Balaban J connectivity index is 2.73. The third-order valence-corrected chi connectivity index (χ3v) is 2.94. The third-order valence-electron chi connectivity index (χ3n) is 2.52. The molecule has 1 aromatic carbocycles. The molecule has 0 aliphatic heterocycles. The second-order valence-corrected chi connectivity index (χ2v) is 4.14. The number of nitrogens with one attached hydrogen (secondary N) is 1. The molecule has 0 saturated carbocycles. The van der Waals surface area contributed by atoms with Crippen LogP contribution in [0.5, 0.6) is 0 Å². The van der Waals surface area contributed by atoms with Gasteiger partial charge in [0, 0.05) is 11.4 Å². The molecule has 0 aromatic heterocycles. The fourth-order valence-electron chi connectivity index (χ4n) is 1.33. The fraction of sp³-hybridized carbons (Fsp3) is 0.417. The fourth-order valence-corrected chi connectivity index (χ4v) is 1.45. The van der Waals surface area contributed by atoms with E-state index in [1.165, 1.54) is 0 Å². The van der Waals surface area contributed by atoms with Crippen LogP contribution in [0.4, 0.5) is 0 Å². The molecular weight excluding hydrogens is 210 g/mol. The van der Waals surface area contributed by atoms with Gasteiger partial charge in [-0.2, -0.15) is 0 Å². The lowest BCUT2D eigenvalue weighted by molar-refractivity contribution is -0.119. The Bertz CT molecular complexity index is 363. The summed E-state index contributed by atoms with van der Waals surface area (Å²) in [5.74, 6) is 0.194. The van der Waals surface area contributed by atoms with Crippen molar-refractivity contribution >= 4 is 17.4 Å². The summed E-state index contributed by atoms with van der Waals surface area (Å²) in [5.41, 5.74) is 2.03. The smallest absolute Gasteiger partial charge is 0.153 e. The molecule has 0 aliphatic rings. The van der Waals surface area contributed by atoms with Gasteiger partial charge in [-0.25, -0.2) is 0 Å². The first-order chi connectivity index (χ1) is 7.04. The van der Waals surface area contributed by atoms with Crippen molar-refractivity contribution < 1.29 is 4.79 Å². The molecule has 15 heavy (non-hydrogen) atoms. The number of ketones is 1. The van der Waals surface area contributed by atoms with Crippen molar-refractivity contribution in [1.82, 2.24) is 5.32 Å². The monoisotopic (exact) mass is 225 g/mol. The first-order valence-electron chi connectivity index (χ1n) is 4.99. The molecule has 82 valence electrons. The highest BCUT2D eigenvalue weighted by atomic mass is 35.5. The van der Waals surface area contributed by atoms with Crippen LogP contribution in [0.1, 0.15) is 18.1 Å². The lowest BCUT2D eigenvalue weighted by Crippen LogP contribution is -2.31. The lowest BCUT2D eigenvalue weighted by atomic mass is 10.0. The molecular formula is C12H16ClNO. The number of rotatable bonds is 4. The van der Waals surface area contributed by atoms with Crippen LogP contribution in [-0.2, 0) is 11.2 Å². The molecule has 0 heterocycles. The Hall–Kier alpha value is -0.860. The molecule has 0 unspecified atom stereocenters. The van der Waals surface area contributed by atoms with Gasteiger partial charge >= 0.3 is 0 Å². The maximum atomic E-state index is 11.6. The lowest BCUT2D eigenvalue weighted by Gasteiger charge is -2.09. The van der Waals surface area contributed by atoms with Gasteiger partial charge in [-0.1, -0.05) is 23.7 Å². The van der Waals surface area contributed by atoms with Crippen LogP contribution in [0.25, 0.3) is 0 Å². The Morgan fingerprint density at radius 2 is 2.20 bits per heavy atom. The molecule has 0 amide bonds. The van der Waals surface area contributed by atoms with Crippen LogP contribution < -0.4 is 5.32 Å². The standard InChI is InChI=1S/C12H16ClNO/c1-8-6-10(4-5-11(8)13)7-12(15)9(2)14-3/h4-6,9,14H,7H2,1-3H3/t9-/m0/s1. The molecule has 1 rings (SSSR count). The van der Waals surface area contributed by atoms with Gasteiger partial charge < -0.3 is 5.32 Å². The third kappa shape index (κ3) is 3.33. The van der Waals surface area contributed by atoms with Crippen molar-refractivity contribution in [3.05, 3.63) is 34.3 Å². The zero-order valence-electron chi connectivity index (χ0n) is 9.30. The highest BCUT2D eigenvalue weighted by molar-refractivity contribution is 6.31. The molecule has 0 fully saturated rings. The quantitative estimate of drug-likeness (QED) is 0.853. The summed E-state index contributed by atoms with van der Waals surface area (Å²) in [6.07, 6.45) is 0.458. The van der Waals surface area contributed by atoms with Crippen LogP contribution >= 0.6 is 11.6 Å². The number of hydrogen-bond acceptors (Lipinski definition) is 2. The predicted octanol–water partition coefficient (Wildman–Crippen LogP) is 2.37. The number of Topliss-reactive ketones (excluding diaryl/α,β-unsaturated/α-hetero) is 1. The van der Waals surface area contributed by atoms with Crippen molar-refractivity contribution in [3.8, 4) is 0 Å². The molecule has 0 aliphatic carbocycles. The Kier molecular flexibility index (Phi) is 4.30. The molecule has 0 saturated heterocycles. The van der Waals surface area contributed by atoms with Crippen LogP contribution in [-0.4, -0.2) is 18.9 Å². The number of hydrogen-bond donors (Lipinski definition) is 1. The normalized spacial score (nSPS) is 12.5. The Morgan fingerprint density at radius 1 is 1.53 bits per heavy atom. The van der Waals surface area contributed by atoms with Crippen LogP contribution in [0.15, 0.2) is 18.2 Å². The van der Waals surface area contributed by atoms with E-state index in [2.05, 4.69) is 5.32 Å². The summed E-state index contributed by atoms with van der Waals surface area (Å²) in [7, 11) is 1.79. The maximum Gasteiger partial charge on any atom is 0.153 e. The van der Waals surface area contributed by atoms with Crippen molar-refractivity contribution in [1.29, 1.82) is 0 Å². The topological polar surface area (TPSA) is 29.1 Å². The van der Waals surface area contributed by atoms with Gasteiger partial charge in [0.15, 0.2) is 5.78 Å². The molecule has 1 N–H and O–H groups in total. The minimum atomic E-state index is -0.0963. The van der Waals surface area contributed by atoms with Crippen molar-refractivity contribution in [3.63, 3.8) is 0 Å².